The minimum absolute atomic E-state index is 0. The van der Waals surface area contributed by atoms with Crippen LogP contribution in [0.5, 0.6) is 0 Å². The van der Waals surface area contributed by atoms with Crippen LogP contribution in [0, 0.1) is 77.5 Å². The molecule has 40 heavy (non-hydrogen) atoms. The van der Waals surface area contributed by atoms with E-state index in [0.717, 1.165) is 34.2 Å². The molecule has 0 amide bonds. The van der Waals surface area contributed by atoms with Crippen molar-refractivity contribution < 1.29 is 20.9 Å². The molecule has 216 valence electrons. The van der Waals surface area contributed by atoms with Crippen LogP contribution in [0.3, 0.4) is 0 Å². The summed E-state index contributed by atoms with van der Waals surface area (Å²) in [6.07, 6.45) is 1.48. The van der Waals surface area contributed by atoms with Gasteiger partial charge in [0.05, 0.1) is 17.1 Å². The molecule has 1 aromatic carbocycles. The van der Waals surface area contributed by atoms with Gasteiger partial charge in [0.1, 0.15) is 0 Å². The van der Waals surface area contributed by atoms with Crippen LogP contribution in [0.1, 0.15) is 47.6 Å². The molecular formula is C29H43BN8PRh. The molecule has 0 spiro atoms. The van der Waals surface area contributed by atoms with Crippen molar-refractivity contribution in [1.29, 1.82) is 10.5 Å². The minimum atomic E-state index is -1.26. The number of unbranched alkanes of at least 4 members (excludes halogenated alkanes) is 1. The molecule has 0 bridgehead atoms. The van der Waals surface area contributed by atoms with Gasteiger partial charge in [-0.2, -0.15) is 0 Å². The Kier molecular flexibility index (Phi) is 17.5. The van der Waals surface area contributed by atoms with Crippen molar-refractivity contribution >= 4 is 15.0 Å². The Morgan fingerprint density at radius 2 is 1.10 bits per heavy atom. The van der Waals surface area contributed by atoms with E-state index in [1.165, 1.54) is 12.0 Å². The van der Waals surface area contributed by atoms with Gasteiger partial charge in [-0.25, -0.2) is 25.8 Å². The Morgan fingerprint density at radius 3 is 1.27 bits per heavy atom. The van der Waals surface area contributed by atoms with Gasteiger partial charge in [0.2, 0.25) is 0 Å². The Labute approximate surface area is 256 Å². The van der Waals surface area contributed by atoms with Gasteiger partial charge in [-0.05, 0) is 104 Å². The molecule has 4 rings (SSSR count). The molecule has 0 aliphatic carbocycles. The second kappa shape index (κ2) is 19.0. The third-order valence-corrected chi connectivity index (χ3v) is 5.34. The standard InChI is InChI=1S/C15H22BN6.C7H8.C4H3N2.C3H9P.Rh.H/c1-10-7-13(4)20(17-10)16(21-14(5)8-11(2)18-21)22-15(6)9-12(3)19-22;1-7-5-3-2-4-6-7;5-3-1-2-4-6;1-4(2)3;;/h7-9,16H,1-6H3;2-6H,1H3;1H,2H2;1-3H3;;/q-1;;-1;;+3;-1. The predicted molar refractivity (Wildman–Crippen MR) is 166 cm³/mol. The summed E-state index contributed by atoms with van der Waals surface area (Å²) >= 11 is 0. The molecule has 0 aliphatic rings. The van der Waals surface area contributed by atoms with Crippen LogP contribution in [-0.4, -0.2) is 56.2 Å². The van der Waals surface area contributed by atoms with E-state index in [1.54, 1.807) is 12.1 Å². The molecule has 0 fully saturated rings. The summed E-state index contributed by atoms with van der Waals surface area (Å²) in [6, 6.07) is 20.1. The van der Waals surface area contributed by atoms with Crippen molar-refractivity contribution in [3.05, 3.63) is 94.7 Å². The number of hydrogen-bond acceptors (Lipinski definition) is 5. The molecule has 11 heteroatoms. The number of aromatic nitrogens is 6. The minimum Gasteiger partial charge on any atom is -1.00 e. The number of hydrogen-bond donors (Lipinski definition) is 0. The van der Waals surface area contributed by atoms with E-state index < -0.39 is 7.12 Å². The van der Waals surface area contributed by atoms with Crippen LogP contribution in [0.25, 0.3) is 0 Å². The average molecular weight is 648 g/mol. The molecule has 3 heterocycles. The van der Waals surface area contributed by atoms with Gasteiger partial charge < -0.3 is 15.2 Å². The predicted octanol–water partition coefficient (Wildman–Crippen LogP) is 5.88. The van der Waals surface area contributed by atoms with Crippen LogP contribution >= 0.6 is 7.92 Å². The summed E-state index contributed by atoms with van der Waals surface area (Å²) in [6.45, 7) is 21.1. The van der Waals surface area contributed by atoms with Gasteiger partial charge in [0, 0.05) is 6.07 Å². The van der Waals surface area contributed by atoms with Gasteiger partial charge in [-0.1, -0.05) is 42.3 Å². The topological polar surface area (TPSA) is 101 Å². The van der Waals surface area contributed by atoms with Gasteiger partial charge in [-0.15, -0.1) is 14.0 Å². The first kappa shape index (κ1) is 36.8. The first-order valence-corrected chi connectivity index (χ1v) is 15.6. The second-order valence-corrected chi connectivity index (χ2v) is 12.6. The average Bonchev–Trinajstić information content (AvgIpc) is 3.49. The smallest absolute Gasteiger partial charge is 1.00 e. The summed E-state index contributed by atoms with van der Waals surface area (Å²) < 4.78 is 6.19. The van der Waals surface area contributed by atoms with Crippen LogP contribution in [0.2, 0.25) is 0 Å². The van der Waals surface area contributed by atoms with Gasteiger partial charge in [0.15, 0.2) is 0 Å². The third-order valence-electron chi connectivity index (χ3n) is 5.34. The van der Waals surface area contributed by atoms with Crippen molar-refractivity contribution in [2.45, 2.75) is 54.9 Å². The summed E-state index contributed by atoms with van der Waals surface area (Å²) in [5.74, 6) is 0. The SMILES string of the molecule is CP(C)C.Cc1cc(C)n([BH-](n2nc(C)cc2C)n2nc(C)cc2C)n1.Cc1ccccc1.N#C[CH-]CC#N.[H-].[Rh+3]. The zero-order valence-corrected chi connectivity index (χ0v) is 28.0. The molecule has 0 saturated carbocycles. The van der Waals surface area contributed by atoms with Crippen LogP contribution < -0.4 is 0 Å². The van der Waals surface area contributed by atoms with Crippen LogP contribution in [-0.2, 0) is 19.5 Å². The summed E-state index contributed by atoms with van der Waals surface area (Å²) in [7, 11) is -0.879. The normalized spacial score (nSPS) is 9.55. The molecule has 0 saturated heterocycles. The summed E-state index contributed by atoms with van der Waals surface area (Å²) in [5, 5.41) is 29.6. The number of nitrogens with zero attached hydrogens (tertiary/aromatic N) is 8. The molecule has 0 atom stereocenters. The Bertz CT molecular complexity index is 1240. The van der Waals surface area contributed by atoms with Crippen molar-refractivity contribution in [2.24, 2.45) is 0 Å². The fourth-order valence-electron chi connectivity index (χ4n) is 3.89. The number of benzene rings is 1. The number of rotatable bonds is 4. The van der Waals surface area contributed by atoms with E-state index in [9.17, 15) is 0 Å². The van der Waals surface area contributed by atoms with E-state index in [0.29, 0.717) is 7.92 Å². The summed E-state index contributed by atoms with van der Waals surface area (Å²) in [4.78, 5) is 0. The van der Waals surface area contributed by atoms with E-state index in [-0.39, 0.29) is 27.3 Å². The number of nitriles is 2. The van der Waals surface area contributed by atoms with E-state index >= 15 is 0 Å². The summed E-state index contributed by atoms with van der Waals surface area (Å²) in [5.41, 5.74) is 7.73. The van der Waals surface area contributed by atoms with Crippen molar-refractivity contribution in [1.82, 2.24) is 29.1 Å². The Morgan fingerprint density at radius 1 is 0.750 bits per heavy atom. The van der Waals surface area contributed by atoms with Gasteiger partial charge in [-0.3, -0.25) is 6.42 Å². The maximum atomic E-state index is 7.76. The second-order valence-electron chi connectivity index (χ2n) is 9.90. The fraction of sp³-hybridized carbons (Fsp3) is 0.379. The molecule has 3 aromatic heterocycles. The molecule has 0 radical (unpaired) electrons. The molecular weight excluding hydrogens is 605 g/mol. The maximum absolute atomic E-state index is 7.76. The van der Waals surface area contributed by atoms with E-state index in [2.05, 4.69) is 91.8 Å². The number of aryl methyl sites for hydroxylation is 7. The van der Waals surface area contributed by atoms with Crippen molar-refractivity contribution in [3.63, 3.8) is 0 Å². The zero-order valence-electron chi connectivity index (χ0n) is 26.5. The van der Waals surface area contributed by atoms with Crippen LogP contribution in [0.4, 0.5) is 0 Å². The van der Waals surface area contributed by atoms with Gasteiger partial charge in [0.25, 0.3) is 0 Å². The largest absolute Gasteiger partial charge is 3.00 e. The first-order valence-electron chi connectivity index (χ1n) is 12.9. The monoisotopic (exact) mass is 648 g/mol. The maximum Gasteiger partial charge on any atom is 3.00 e. The molecule has 0 aliphatic heterocycles. The molecule has 4 aromatic rings. The third kappa shape index (κ3) is 12.8. The Balaban J connectivity index is 0. The Hall–Kier alpha value is -3.18. The quantitative estimate of drug-likeness (QED) is 0.119. The van der Waals surface area contributed by atoms with Crippen molar-refractivity contribution in [3.8, 4) is 12.1 Å². The van der Waals surface area contributed by atoms with E-state index in [1.807, 2.05) is 39.0 Å². The molecule has 0 unspecified atom stereocenters. The van der Waals surface area contributed by atoms with Gasteiger partial charge >= 0.3 is 26.6 Å². The molecule has 0 N–H and O–H groups in total. The van der Waals surface area contributed by atoms with Crippen molar-refractivity contribution in [2.75, 3.05) is 20.0 Å². The fourth-order valence-corrected chi connectivity index (χ4v) is 3.89. The first-order chi connectivity index (χ1) is 18.4. The van der Waals surface area contributed by atoms with E-state index in [4.69, 9.17) is 25.8 Å². The zero-order chi connectivity index (χ0) is 29.5. The molecule has 8 nitrogen and oxygen atoms in total. The van der Waals surface area contributed by atoms with Crippen LogP contribution in [0.15, 0.2) is 48.5 Å².